The maximum atomic E-state index is 11.7. The summed E-state index contributed by atoms with van der Waals surface area (Å²) in [6.45, 7) is 0.678. The molecule has 104 valence electrons. The molecule has 4 nitrogen and oxygen atoms in total. The first kappa shape index (κ1) is 13.4. The van der Waals surface area contributed by atoms with E-state index in [-0.39, 0.29) is 5.56 Å². The number of thioether (sulfide) groups is 1. The van der Waals surface area contributed by atoms with Gasteiger partial charge in [0.25, 0.3) is 5.56 Å². The zero-order chi connectivity index (χ0) is 13.8. The summed E-state index contributed by atoms with van der Waals surface area (Å²) in [4.78, 5) is 20.1. The lowest BCUT2D eigenvalue weighted by Gasteiger charge is -2.05. The van der Waals surface area contributed by atoms with Crippen molar-refractivity contribution in [2.75, 3.05) is 0 Å². The third kappa shape index (κ3) is 3.95. The predicted octanol–water partition coefficient (Wildman–Crippen LogP) is 2.31. The van der Waals surface area contributed by atoms with Crippen LogP contribution in [0.3, 0.4) is 0 Å². The van der Waals surface area contributed by atoms with Crippen LogP contribution in [0.2, 0.25) is 0 Å². The predicted molar refractivity (Wildman–Crippen MR) is 80.7 cm³/mol. The molecule has 1 aromatic heterocycles. The Labute approximate surface area is 122 Å². The molecule has 1 aliphatic rings. The first-order valence-corrected chi connectivity index (χ1v) is 7.78. The fourth-order valence-electron chi connectivity index (χ4n) is 1.93. The van der Waals surface area contributed by atoms with E-state index in [2.05, 4.69) is 27.4 Å². The largest absolute Gasteiger partial charge is 0.310 e. The van der Waals surface area contributed by atoms with Gasteiger partial charge in [0.15, 0.2) is 0 Å². The van der Waals surface area contributed by atoms with Crippen LogP contribution in [0.5, 0.6) is 0 Å². The summed E-state index contributed by atoms with van der Waals surface area (Å²) in [6, 6.07) is 12.3. The lowest BCUT2D eigenvalue weighted by molar-refractivity contribution is 0.668. The lowest BCUT2D eigenvalue weighted by Crippen LogP contribution is -2.20. The number of rotatable bonds is 6. The van der Waals surface area contributed by atoms with Crippen LogP contribution in [-0.2, 0) is 12.3 Å². The van der Waals surface area contributed by atoms with Crippen LogP contribution in [0.1, 0.15) is 24.4 Å². The van der Waals surface area contributed by atoms with Crippen molar-refractivity contribution in [1.29, 1.82) is 0 Å². The Balaban J connectivity index is 1.64. The molecule has 5 heteroatoms. The Hall–Kier alpha value is -1.59. The molecular weight excluding hydrogens is 270 g/mol. The van der Waals surface area contributed by atoms with Crippen molar-refractivity contribution in [3.05, 3.63) is 58.3 Å². The quantitative estimate of drug-likeness (QED) is 0.801. The molecule has 1 heterocycles. The monoisotopic (exact) mass is 287 g/mol. The highest BCUT2D eigenvalue weighted by Crippen LogP contribution is 2.21. The Morgan fingerprint density at radius 2 is 2.10 bits per heavy atom. The molecular formula is C15H17N3OS. The van der Waals surface area contributed by atoms with Gasteiger partial charge in [0.2, 0.25) is 0 Å². The maximum absolute atomic E-state index is 11.7. The van der Waals surface area contributed by atoms with E-state index in [0.717, 1.165) is 11.5 Å². The third-order valence-corrected chi connectivity index (χ3v) is 4.14. The van der Waals surface area contributed by atoms with Crippen molar-refractivity contribution in [3.63, 3.8) is 0 Å². The zero-order valence-electron chi connectivity index (χ0n) is 11.1. The third-order valence-electron chi connectivity index (χ3n) is 3.11. The van der Waals surface area contributed by atoms with E-state index in [1.54, 1.807) is 17.8 Å². The molecule has 1 fully saturated rings. The number of hydrogen-bond acceptors (Lipinski definition) is 4. The molecule has 0 spiro atoms. The highest BCUT2D eigenvalue weighted by Gasteiger charge is 2.20. The van der Waals surface area contributed by atoms with Crippen LogP contribution in [0.4, 0.5) is 0 Å². The Morgan fingerprint density at radius 3 is 2.85 bits per heavy atom. The molecule has 20 heavy (non-hydrogen) atoms. The Morgan fingerprint density at radius 1 is 1.30 bits per heavy atom. The van der Waals surface area contributed by atoms with Crippen LogP contribution in [0, 0.1) is 0 Å². The summed E-state index contributed by atoms with van der Waals surface area (Å²) < 4.78 is 0. The topological polar surface area (TPSA) is 57.8 Å². The van der Waals surface area contributed by atoms with Gasteiger partial charge in [0.1, 0.15) is 5.82 Å². The smallest absolute Gasteiger partial charge is 0.251 e. The molecule has 0 amide bonds. The molecule has 1 aromatic carbocycles. The van der Waals surface area contributed by atoms with Crippen molar-refractivity contribution >= 4 is 11.8 Å². The van der Waals surface area contributed by atoms with Crippen LogP contribution >= 0.6 is 11.8 Å². The van der Waals surface area contributed by atoms with E-state index in [9.17, 15) is 4.79 Å². The van der Waals surface area contributed by atoms with E-state index in [1.165, 1.54) is 17.7 Å². The van der Waals surface area contributed by atoms with Crippen LogP contribution in [0.25, 0.3) is 0 Å². The average molecular weight is 287 g/mol. The van der Waals surface area contributed by atoms with Crippen LogP contribution in [-0.4, -0.2) is 16.0 Å². The molecule has 1 aliphatic carbocycles. The molecule has 0 atom stereocenters. The van der Waals surface area contributed by atoms with Crippen LogP contribution < -0.4 is 10.9 Å². The first-order chi connectivity index (χ1) is 9.79. The highest BCUT2D eigenvalue weighted by molar-refractivity contribution is 7.98. The van der Waals surface area contributed by atoms with Crippen molar-refractivity contribution in [3.8, 4) is 0 Å². The zero-order valence-corrected chi connectivity index (χ0v) is 12.0. The van der Waals surface area contributed by atoms with Crippen molar-refractivity contribution in [1.82, 2.24) is 15.3 Å². The second kappa shape index (κ2) is 6.24. The second-order valence-corrected chi connectivity index (χ2v) is 5.99. The standard InChI is InChI=1S/C15H17N3OS/c19-15-8-12(9-16-11-6-7-11)17-14(18-15)10-20-13-4-2-1-3-5-13/h1-5,8,11,16H,6-7,9-10H2,(H,17,18,19). The molecule has 2 aromatic rings. The van der Waals surface area contributed by atoms with E-state index < -0.39 is 0 Å². The summed E-state index contributed by atoms with van der Waals surface area (Å²) in [6.07, 6.45) is 2.47. The number of hydrogen-bond donors (Lipinski definition) is 2. The van der Waals surface area contributed by atoms with Gasteiger partial charge in [0, 0.05) is 23.5 Å². The molecule has 0 bridgehead atoms. The minimum absolute atomic E-state index is 0.0729. The highest BCUT2D eigenvalue weighted by atomic mass is 32.2. The number of nitrogens with zero attached hydrogens (tertiary/aromatic N) is 1. The first-order valence-electron chi connectivity index (χ1n) is 6.80. The normalized spacial score (nSPS) is 14.4. The van der Waals surface area contributed by atoms with Gasteiger partial charge >= 0.3 is 0 Å². The van der Waals surface area contributed by atoms with Crippen molar-refractivity contribution < 1.29 is 0 Å². The molecule has 2 N–H and O–H groups in total. The van der Waals surface area contributed by atoms with Gasteiger partial charge < -0.3 is 10.3 Å². The number of H-pyrrole nitrogens is 1. The lowest BCUT2D eigenvalue weighted by atomic mass is 10.4. The van der Waals surface area contributed by atoms with Gasteiger partial charge in [-0.15, -0.1) is 11.8 Å². The Bertz CT molecular complexity index is 623. The fourth-order valence-corrected chi connectivity index (χ4v) is 2.72. The summed E-state index contributed by atoms with van der Waals surface area (Å²) in [5.74, 6) is 1.41. The Kier molecular flexibility index (Phi) is 4.18. The minimum atomic E-state index is -0.0729. The van der Waals surface area contributed by atoms with Gasteiger partial charge in [-0.25, -0.2) is 4.98 Å². The number of nitrogens with one attached hydrogen (secondary N) is 2. The second-order valence-electron chi connectivity index (χ2n) is 4.94. The fraction of sp³-hybridized carbons (Fsp3) is 0.333. The minimum Gasteiger partial charge on any atom is -0.310 e. The van der Waals surface area contributed by atoms with Crippen LogP contribution in [0.15, 0.2) is 46.1 Å². The summed E-state index contributed by atoms with van der Waals surface area (Å²) in [5, 5.41) is 3.38. The maximum Gasteiger partial charge on any atom is 0.251 e. The summed E-state index contributed by atoms with van der Waals surface area (Å²) >= 11 is 1.67. The van der Waals surface area contributed by atoms with E-state index in [0.29, 0.717) is 18.3 Å². The molecule has 3 rings (SSSR count). The molecule has 0 unspecified atom stereocenters. The number of benzene rings is 1. The molecule has 0 saturated heterocycles. The summed E-state index contributed by atoms with van der Waals surface area (Å²) in [7, 11) is 0. The van der Waals surface area contributed by atoms with Gasteiger partial charge in [-0.2, -0.15) is 0 Å². The van der Waals surface area contributed by atoms with E-state index in [4.69, 9.17) is 0 Å². The number of aromatic amines is 1. The summed E-state index contributed by atoms with van der Waals surface area (Å²) in [5.41, 5.74) is 0.751. The molecule has 0 radical (unpaired) electrons. The van der Waals surface area contributed by atoms with Gasteiger partial charge in [-0.05, 0) is 25.0 Å². The molecule has 0 aliphatic heterocycles. The van der Waals surface area contributed by atoms with Gasteiger partial charge in [0.05, 0.1) is 11.4 Å². The van der Waals surface area contributed by atoms with Gasteiger partial charge in [-0.1, -0.05) is 18.2 Å². The van der Waals surface area contributed by atoms with E-state index >= 15 is 0 Å². The average Bonchev–Trinajstić information content (AvgIpc) is 3.28. The van der Waals surface area contributed by atoms with Crippen molar-refractivity contribution in [2.45, 2.75) is 36.1 Å². The number of aromatic nitrogens is 2. The van der Waals surface area contributed by atoms with Crippen molar-refractivity contribution in [2.24, 2.45) is 0 Å². The molecule has 1 saturated carbocycles. The van der Waals surface area contributed by atoms with Gasteiger partial charge in [-0.3, -0.25) is 4.79 Å². The SMILES string of the molecule is O=c1cc(CNC2CC2)nc(CSc2ccccc2)[nH]1. The van der Waals surface area contributed by atoms with E-state index in [1.807, 2.05) is 18.2 Å².